The van der Waals surface area contributed by atoms with E-state index in [0.717, 1.165) is 29.7 Å². The topological polar surface area (TPSA) is 49.4 Å². The number of nitrogens with zero attached hydrogens (tertiary/aromatic N) is 1. The third-order valence-electron chi connectivity index (χ3n) is 5.46. The fraction of sp³-hybridized carbons (Fsp3) is 0.391. The average Bonchev–Trinajstić information content (AvgIpc) is 3.05. The van der Waals surface area contributed by atoms with Gasteiger partial charge in [-0.1, -0.05) is 42.5 Å². The van der Waals surface area contributed by atoms with Crippen LogP contribution in [0, 0.1) is 19.8 Å². The fourth-order valence-corrected chi connectivity index (χ4v) is 3.60. The number of rotatable bonds is 6. The maximum Gasteiger partial charge on any atom is 0.227 e. The predicted octanol–water partition coefficient (Wildman–Crippen LogP) is 3.79. The largest absolute Gasteiger partial charge is 0.353 e. The minimum Gasteiger partial charge on any atom is -0.353 e. The van der Waals surface area contributed by atoms with E-state index in [1.807, 2.05) is 57.2 Å². The van der Waals surface area contributed by atoms with Crippen LogP contribution in [0.5, 0.6) is 0 Å². The first-order valence-corrected chi connectivity index (χ1v) is 9.66. The zero-order valence-electron chi connectivity index (χ0n) is 16.4. The molecule has 4 heteroatoms. The van der Waals surface area contributed by atoms with E-state index in [0.29, 0.717) is 6.54 Å². The number of nitrogens with one attached hydrogen (secondary N) is 1. The van der Waals surface area contributed by atoms with E-state index in [1.165, 1.54) is 5.56 Å². The predicted molar refractivity (Wildman–Crippen MR) is 109 cm³/mol. The van der Waals surface area contributed by atoms with E-state index in [2.05, 4.69) is 17.4 Å². The highest BCUT2D eigenvalue weighted by molar-refractivity contribution is 6.00. The first-order valence-electron chi connectivity index (χ1n) is 9.66. The van der Waals surface area contributed by atoms with Crippen LogP contribution in [0.15, 0.2) is 48.5 Å². The van der Waals surface area contributed by atoms with Crippen molar-refractivity contribution in [2.75, 3.05) is 11.4 Å². The Hall–Kier alpha value is -2.62. The Kier molecular flexibility index (Phi) is 5.94. The summed E-state index contributed by atoms with van der Waals surface area (Å²) in [5.74, 6) is -0.269. The molecular weight excluding hydrogens is 336 g/mol. The summed E-state index contributed by atoms with van der Waals surface area (Å²) in [5, 5.41) is 3.09. The van der Waals surface area contributed by atoms with Crippen LogP contribution in [0.1, 0.15) is 36.5 Å². The number of aryl methyl sites for hydroxylation is 2. The lowest BCUT2D eigenvalue weighted by Crippen LogP contribution is -2.38. The third-order valence-corrected chi connectivity index (χ3v) is 5.46. The van der Waals surface area contributed by atoms with E-state index >= 15 is 0 Å². The molecule has 1 aliphatic heterocycles. The molecule has 2 amide bonds. The molecule has 2 atom stereocenters. The second-order valence-electron chi connectivity index (χ2n) is 7.56. The summed E-state index contributed by atoms with van der Waals surface area (Å²) in [6.45, 7) is 6.55. The molecule has 1 fully saturated rings. The van der Waals surface area contributed by atoms with Gasteiger partial charge in [-0.2, -0.15) is 0 Å². The van der Waals surface area contributed by atoms with E-state index in [9.17, 15) is 9.59 Å². The Bertz CT molecular complexity index is 816. The molecule has 0 saturated carbocycles. The van der Waals surface area contributed by atoms with Crippen molar-refractivity contribution >= 4 is 17.5 Å². The van der Waals surface area contributed by atoms with Gasteiger partial charge in [0.05, 0.1) is 5.92 Å². The number of carbonyl (C=O) groups is 2. The average molecular weight is 364 g/mol. The van der Waals surface area contributed by atoms with Crippen LogP contribution in [0.25, 0.3) is 0 Å². The zero-order valence-corrected chi connectivity index (χ0v) is 16.4. The standard InChI is InChI=1S/C23H28N2O2/c1-16-8-7-11-21(18(16)3)25-15-20(14-22(25)26)23(27)24-17(2)12-13-19-9-5-4-6-10-19/h4-11,17,20H,12-15H2,1-3H3,(H,24,27). The lowest BCUT2D eigenvalue weighted by atomic mass is 10.0. The van der Waals surface area contributed by atoms with Crippen molar-refractivity contribution in [1.82, 2.24) is 5.32 Å². The molecule has 1 saturated heterocycles. The van der Waals surface area contributed by atoms with Crippen molar-refractivity contribution in [1.29, 1.82) is 0 Å². The molecule has 0 spiro atoms. The van der Waals surface area contributed by atoms with Crippen LogP contribution in [-0.4, -0.2) is 24.4 Å². The molecule has 142 valence electrons. The van der Waals surface area contributed by atoms with Crippen molar-refractivity contribution in [3.05, 3.63) is 65.2 Å². The Morgan fingerprint density at radius 1 is 1.15 bits per heavy atom. The Balaban J connectivity index is 1.56. The van der Waals surface area contributed by atoms with Gasteiger partial charge in [-0.05, 0) is 56.4 Å². The van der Waals surface area contributed by atoms with Crippen LogP contribution in [0.3, 0.4) is 0 Å². The summed E-state index contributed by atoms with van der Waals surface area (Å²) < 4.78 is 0. The molecule has 0 aromatic heterocycles. The monoisotopic (exact) mass is 364 g/mol. The number of anilines is 1. The molecular formula is C23H28N2O2. The van der Waals surface area contributed by atoms with E-state index in [1.54, 1.807) is 4.90 Å². The lowest BCUT2D eigenvalue weighted by molar-refractivity contribution is -0.126. The van der Waals surface area contributed by atoms with Gasteiger partial charge in [0.25, 0.3) is 0 Å². The van der Waals surface area contributed by atoms with Gasteiger partial charge in [0.15, 0.2) is 0 Å². The first-order chi connectivity index (χ1) is 13.0. The number of benzene rings is 2. The van der Waals surface area contributed by atoms with Crippen molar-refractivity contribution in [3.8, 4) is 0 Å². The summed E-state index contributed by atoms with van der Waals surface area (Å²) in [6.07, 6.45) is 2.10. The van der Waals surface area contributed by atoms with Crippen LogP contribution in [-0.2, 0) is 16.0 Å². The van der Waals surface area contributed by atoms with Gasteiger partial charge in [-0.3, -0.25) is 9.59 Å². The third kappa shape index (κ3) is 4.57. The van der Waals surface area contributed by atoms with E-state index in [-0.39, 0.29) is 30.2 Å². The lowest BCUT2D eigenvalue weighted by Gasteiger charge is -2.21. The second kappa shape index (κ2) is 8.38. The number of carbonyl (C=O) groups excluding carboxylic acids is 2. The molecule has 1 heterocycles. The van der Waals surface area contributed by atoms with Crippen molar-refractivity contribution < 1.29 is 9.59 Å². The Morgan fingerprint density at radius 3 is 2.63 bits per heavy atom. The van der Waals surface area contributed by atoms with Gasteiger partial charge in [0.2, 0.25) is 11.8 Å². The summed E-state index contributed by atoms with van der Waals surface area (Å²) >= 11 is 0. The maximum absolute atomic E-state index is 12.7. The maximum atomic E-state index is 12.7. The van der Waals surface area contributed by atoms with E-state index < -0.39 is 0 Å². The SMILES string of the molecule is Cc1cccc(N2CC(C(=O)NC(C)CCc3ccccc3)CC2=O)c1C. The number of hydrogen-bond acceptors (Lipinski definition) is 2. The van der Waals surface area contributed by atoms with Gasteiger partial charge < -0.3 is 10.2 Å². The molecule has 0 bridgehead atoms. The Morgan fingerprint density at radius 2 is 1.89 bits per heavy atom. The van der Waals surface area contributed by atoms with Gasteiger partial charge >= 0.3 is 0 Å². The van der Waals surface area contributed by atoms with Crippen LogP contribution < -0.4 is 10.2 Å². The van der Waals surface area contributed by atoms with Gasteiger partial charge in [0.1, 0.15) is 0 Å². The van der Waals surface area contributed by atoms with Crippen LogP contribution in [0.4, 0.5) is 5.69 Å². The minimum atomic E-state index is -0.281. The van der Waals surface area contributed by atoms with Gasteiger partial charge in [0, 0.05) is 24.7 Å². The summed E-state index contributed by atoms with van der Waals surface area (Å²) in [7, 11) is 0. The molecule has 27 heavy (non-hydrogen) atoms. The van der Waals surface area contributed by atoms with Crippen LogP contribution in [0.2, 0.25) is 0 Å². The first kappa shape index (κ1) is 19.2. The minimum absolute atomic E-state index is 0.0169. The fourth-order valence-electron chi connectivity index (χ4n) is 3.60. The molecule has 2 unspecified atom stereocenters. The normalized spacial score (nSPS) is 17.8. The molecule has 1 N–H and O–H groups in total. The van der Waals surface area contributed by atoms with Crippen molar-refractivity contribution in [3.63, 3.8) is 0 Å². The Labute approximate surface area is 161 Å². The molecule has 1 aliphatic rings. The molecule has 2 aromatic rings. The van der Waals surface area contributed by atoms with Gasteiger partial charge in [-0.25, -0.2) is 0 Å². The number of hydrogen-bond donors (Lipinski definition) is 1. The summed E-state index contributed by atoms with van der Waals surface area (Å²) in [6, 6.07) is 16.3. The van der Waals surface area contributed by atoms with Crippen LogP contribution >= 0.6 is 0 Å². The highest BCUT2D eigenvalue weighted by Gasteiger charge is 2.36. The molecule has 4 nitrogen and oxygen atoms in total. The quantitative estimate of drug-likeness (QED) is 0.848. The highest BCUT2D eigenvalue weighted by atomic mass is 16.2. The second-order valence-corrected chi connectivity index (χ2v) is 7.56. The summed E-state index contributed by atoms with van der Waals surface area (Å²) in [4.78, 5) is 26.9. The zero-order chi connectivity index (χ0) is 19.4. The molecule has 0 aliphatic carbocycles. The highest BCUT2D eigenvalue weighted by Crippen LogP contribution is 2.29. The molecule has 0 radical (unpaired) electrons. The van der Waals surface area contributed by atoms with Gasteiger partial charge in [-0.15, -0.1) is 0 Å². The van der Waals surface area contributed by atoms with Crippen molar-refractivity contribution in [2.24, 2.45) is 5.92 Å². The van der Waals surface area contributed by atoms with Crippen molar-refractivity contribution in [2.45, 2.75) is 46.1 Å². The molecule has 2 aromatic carbocycles. The smallest absolute Gasteiger partial charge is 0.227 e. The molecule has 3 rings (SSSR count). The summed E-state index contributed by atoms with van der Waals surface area (Å²) in [5.41, 5.74) is 4.45. The van der Waals surface area contributed by atoms with E-state index in [4.69, 9.17) is 0 Å². The number of amides is 2.